The first kappa shape index (κ1) is 12.0. The van der Waals surface area contributed by atoms with Gasteiger partial charge in [-0.05, 0) is 6.07 Å². The molecule has 0 spiro atoms. The molecule has 1 aliphatic heterocycles. The zero-order valence-corrected chi connectivity index (χ0v) is 8.91. The predicted molar refractivity (Wildman–Crippen MR) is 56.7 cm³/mol. The number of halogens is 1. The molecule has 1 aromatic heterocycles. The summed E-state index contributed by atoms with van der Waals surface area (Å²) in [6.07, 6.45) is -0.999. The average Bonchev–Trinajstić information content (AvgIpc) is 2.67. The van der Waals surface area contributed by atoms with Gasteiger partial charge in [-0.15, -0.1) is 0 Å². The lowest BCUT2D eigenvalue weighted by Crippen LogP contribution is -2.28. The van der Waals surface area contributed by atoms with Gasteiger partial charge in [-0.1, -0.05) is 0 Å². The van der Waals surface area contributed by atoms with Crippen molar-refractivity contribution in [3.8, 4) is 0 Å². The van der Waals surface area contributed by atoms with Crippen LogP contribution in [0.3, 0.4) is 0 Å². The quantitative estimate of drug-likeness (QED) is 0.633. The highest BCUT2D eigenvalue weighted by atomic mass is 19.1. The fourth-order valence-electron chi connectivity index (χ4n) is 1.82. The number of pyridine rings is 1. The van der Waals surface area contributed by atoms with Crippen LogP contribution in [0.5, 0.6) is 0 Å². The molecule has 4 N–H and O–H groups in total. The Morgan fingerprint density at radius 3 is 2.94 bits per heavy atom. The minimum Gasteiger partial charge on any atom is -0.396 e. The Kier molecular flexibility index (Phi) is 3.14. The van der Waals surface area contributed by atoms with Crippen LogP contribution in [0.15, 0.2) is 17.1 Å². The van der Waals surface area contributed by atoms with E-state index in [-0.39, 0.29) is 18.7 Å². The number of ether oxygens (including phenoxy) is 1. The Morgan fingerprint density at radius 1 is 1.65 bits per heavy atom. The lowest BCUT2D eigenvalue weighted by atomic mass is 10.2. The van der Waals surface area contributed by atoms with Crippen molar-refractivity contribution in [1.82, 2.24) is 4.57 Å². The van der Waals surface area contributed by atoms with E-state index in [2.05, 4.69) is 0 Å². The van der Waals surface area contributed by atoms with Crippen LogP contribution in [0.2, 0.25) is 0 Å². The molecule has 6 nitrogen and oxygen atoms in total. The fourth-order valence-corrected chi connectivity index (χ4v) is 1.82. The van der Waals surface area contributed by atoms with Gasteiger partial charge in [0, 0.05) is 12.6 Å². The summed E-state index contributed by atoms with van der Waals surface area (Å²) in [6.45, 7) is -0.357. The molecule has 2 heterocycles. The monoisotopic (exact) mass is 244 g/mol. The molecule has 2 rings (SSSR count). The van der Waals surface area contributed by atoms with E-state index in [1.54, 1.807) is 0 Å². The van der Waals surface area contributed by atoms with Gasteiger partial charge in [0.2, 0.25) is 5.82 Å². The van der Waals surface area contributed by atoms with Crippen LogP contribution in [0, 0.1) is 5.82 Å². The van der Waals surface area contributed by atoms with E-state index < -0.39 is 29.8 Å². The summed E-state index contributed by atoms with van der Waals surface area (Å²) in [5.74, 6) is -1.04. The lowest BCUT2D eigenvalue weighted by Gasteiger charge is -2.15. The van der Waals surface area contributed by atoms with Gasteiger partial charge >= 0.3 is 0 Å². The van der Waals surface area contributed by atoms with E-state index in [0.29, 0.717) is 0 Å². The Hall–Kier alpha value is -1.44. The molecule has 1 aromatic rings. The van der Waals surface area contributed by atoms with Gasteiger partial charge in [0.05, 0.1) is 18.4 Å². The van der Waals surface area contributed by atoms with Gasteiger partial charge in [0.25, 0.3) is 5.56 Å². The maximum atomic E-state index is 13.3. The molecule has 1 aliphatic rings. The Labute approximate surface area is 96.0 Å². The van der Waals surface area contributed by atoms with E-state index in [0.717, 1.165) is 4.57 Å². The van der Waals surface area contributed by atoms with Gasteiger partial charge in [-0.3, -0.25) is 9.36 Å². The van der Waals surface area contributed by atoms with Crippen molar-refractivity contribution in [3.05, 3.63) is 28.4 Å². The first-order valence-corrected chi connectivity index (χ1v) is 5.15. The van der Waals surface area contributed by atoms with E-state index in [4.69, 9.17) is 15.6 Å². The van der Waals surface area contributed by atoms with Crippen LogP contribution >= 0.6 is 0 Å². The van der Waals surface area contributed by atoms with Crippen LogP contribution in [-0.2, 0) is 4.74 Å². The number of hydrogen-bond acceptors (Lipinski definition) is 5. The number of anilines is 1. The summed E-state index contributed by atoms with van der Waals surface area (Å²) in [5.41, 5.74) is 4.12. The molecule has 1 fully saturated rings. The van der Waals surface area contributed by atoms with Crippen molar-refractivity contribution < 1.29 is 19.3 Å². The van der Waals surface area contributed by atoms with Crippen LogP contribution in [0.25, 0.3) is 0 Å². The Bertz CT molecular complexity index is 476. The number of nitrogens with two attached hydrogens (primary N) is 1. The van der Waals surface area contributed by atoms with Crippen molar-refractivity contribution in [1.29, 1.82) is 0 Å². The predicted octanol–water partition coefficient (Wildman–Crippen LogP) is -0.790. The molecule has 3 atom stereocenters. The van der Waals surface area contributed by atoms with Crippen molar-refractivity contribution in [2.75, 3.05) is 12.3 Å². The van der Waals surface area contributed by atoms with E-state index >= 15 is 0 Å². The van der Waals surface area contributed by atoms with Crippen LogP contribution in [0.1, 0.15) is 12.6 Å². The number of nitrogen functional groups attached to an aromatic ring is 1. The van der Waals surface area contributed by atoms with Gasteiger partial charge < -0.3 is 20.7 Å². The third-order valence-corrected chi connectivity index (χ3v) is 2.78. The number of rotatable bonds is 2. The normalized spacial score (nSPS) is 28.5. The molecular formula is C10H13FN2O4. The van der Waals surface area contributed by atoms with Crippen LogP contribution < -0.4 is 11.3 Å². The molecule has 0 radical (unpaired) electrons. The molecule has 0 aliphatic carbocycles. The Morgan fingerprint density at radius 2 is 2.35 bits per heavy atom. The highest BCUT2D eigenvalue weighted by Crippen LogP contribution is 2.27. The SMILES string of the molecule is Nc1ccn([C@@H]2C[C@H](O)[C@@H](CO)O2)c(=O)c1F. The smallest absolute Gasteiger partial charge is 0.290 e. The van der Waals surface area contributed by atoms with E-state index in [9.17, 15) is 14.3 Å². The van der Waals surface area contributed by atoms with Gasteiger partial charge in [0.1, 0.15) is 12.3 Å². The molecule has 0 unspecified atom stereocenters. The number of nitrogens with zero attached hydrogens (tertiary/aromatic N) is 1. The second kappa shape index (κ2) is 4.44. The summed E-state index contributed by atoms with van der Waals surface area (Å²) < 4.78 is 19.6. The van der Waals surface area contributed by atoms with E-state index in [1.807, 2.05) is 0 Å². The minimum absolute atomic E-state index is 0.120. The summed E-state index contributed by atoms with van der Waals surface area (Å²) in [6, 6.07) is 1.25. The van der Waals surface area contributed by atoms with E-state index in [1.165, 1.54) is 12.3 Å². The standard InChI is InChI=1S/C10H13FN2O4/c11-9-5(12)1-2-13(10(9)16)8-3-6(15)7(4-14)17-8/h1-2,6-8,14-15H,3-4,12H2/t6-,7+,8-/m0/s1. The Balaban J connectivity index is 2.31. The molecule has 94 valence electrons. The molecule has 1 saturated heterocycles. The third-order valence-electron chi connectivity index (χ3n) is 2.78. The molecule has 17 heavy (non-hydrogen) atoms. The molecule has 0 bridgehead atoms. The van der Waals surface area contributed by atoms with Crippen LogP contribution in [-0.4, -0.2) is 33.6 Å². The second-order valence-corrected chi connectivity index (χ2v) is 3.91. The third kappa shape index (κ3) is 2.04. The summed E-state index contributed by atoms with van der Waals surface area (Å²) in [7, 11) is 0. The maximum absolute atomic E-state index is 13.3. The lowest BCUT2D eigenvalue weighted by molar-refractivity contribution is -0.0457. The van der Waals surface area contributed by atoms with Crippen molar-refractivity contribution in [3.63, 3.8) is 0 Å². The zero-order chi connectivity index (χ0) is 12.6. The van der Waals surface area contributed by atoms with Crippen molar-refractivity contribution in [2.24, 2.45) is 0 Å². The molecule has 7 heteroatoms. The summed E-state index contributed by atoms with van der Waals surface area (Å²) in [4.78, 5) is 11.6. The number of hydrogen-bond donors (Lipinski definition) is 3. The highest BCUT2D eigenvalue weighted by Gasteiger charge is 2.35. The maximum Gasteiger partial charge on any atom is 0.290 e. The van der Waals surface area contributed by atoms with Crippen molar-refractivity contribution >= 4 is 5.69 Å². The average molecular weight is 244 g/mol. The number of aromatic nitrogens is 1. The van der Waals surface area contributed by atoms with Gasteiger partial charge in [0.15, 0.2) is 0 Å². The minimum atomic E-state index is -1.04. The van der Waals surface area contributed by atoms with Crippen LogP contribution in [0.4, 0.5) is 10.1 Å². The molecule has 0 amide bonds. The zero-order valence-electron chi connectivity index (χ0n) is 8.91. The van der Waals surface area contributed by atoms with Crippen molar-refractivity contribution in [2.45, 2.75) is 24.9 Å². The summed E-state index contributed by atoms with van der Waals surface area (Å²) >= 11 is 0. The highest BCUT2D eigenvalue weighted by molar-refractivity contribution is 5.36. The molecule has 0 saturated carbocycles. The first-order valence-electron chi connectivity index (χ1n) is 5.15. The fraction of sp³-hybridized carbons (Fsp3) is 0.500. The largest absolute Gasteiger partial charge is 0.396 e. The molecule has 0 aromatic carbocycles. The van der Waals surface area contributed by atoms with Gasteiger partial charge in [-0.2, -0.15) is 4.39 Å². The topological polar surface area (TPSA) is 97.7 Å². The number of aliphatic hydroxyl groups is 2. The number of aliphatic hydroxyl groups excluding tert-OH is 2. The van der Waals surface area contributed by atoms with Gasteiger partial charge in [-0.25, -0.2) is 0 Å². The second-order valence-electron chi connectivity index (χ2n) is 3.91. The molecular weight excluding hydrogens is 231 g/mol. The first-order chi connectivity index (χ1) is 8.04. The summed E-state index contributed by atoms with van der Waals surface area (Å²) in [5, 5.41) is 18.4.